The van der Waals surface area contributed by atoms with Gasteiger partial charge in [-0.25, -0.2) is 18.0 Å². The van der Waals surface area contributed by atoms with Crippen LogP contribution in [0.15, 0.2) is 23.1 Å². The largest absolute Gasteiger partial charge is 0.496 e. The van der Waals surface area contributed by atoms with Crippen molar-refractivity contribution in [2.75, 3.05) is 26.7 Å². The highest BCUT2D eigenvalue weighted by molar-refractivity contribution is 7.89. The molecule has 0 bridgehead atoms. The quantitative estimate of drug-likeness (QED) is 0.598. The molecule has 1 fully saturated rings. The molecule has 1 aromatic carbocycles. The van der Waals surface area contributed by atoms with Gasteiger partial charge in [-0.2, -0.15) is 4.31 Å². The summed E-state index contributed by atoms with van der Waals surface area (Å²) < 4.78 is 37.8. The molecule has 0 aliphatic carbocycles. The minimum atomic E-state index is -3.80. The minimum absolute atomic E-state index is 0.0541. The molecule has 1 heterocycles. The maximum atomic E-state index is 13.1. The first-order valence-corrected chi connectivity index (χ1v) is 11.6. The van der Waals surface area contributed by atoms with E-state index in [0.717, 1.165) is 25.7 Å². The number of benzene rings is 1. The van der Waals surface area contributed by atoms with Crippen LogP contribution >= 0.6 is 0 Å². The molecule has 0 saturated carbocycles. The zero-order chi connectivity index (χ0) is 23.0. The molecule has 2 rings (SSSR count). The third-order valence-electron chi connectivity index (χ3n) is 4.82. The van der Waals surface area contributed by atoms with Crippen LogP contribution in [0.4, 0.5) is 4.79 Å². The maximum absolute atomic E-state index is 13.1. The number of nitrogens with one attached hydrogen (secondary N) is 2. The number of imide groups is 1. The molecule has 3 amide bonds. The van der Waals surface area contributed by atoms with Crippen LogP contribution in [0.2, 0.25) is 0 Å². The summed E-state index contributed by atoms with van der Waals surface area (Å²) in [6.07, 6.45) is 2.22. The van der Waals surface area contributed by atoms with Crippen LogP contribution in [-0.2, 0) is 19.6 Å². The lowest BCUT2D eigenvalue weighted by molar-refractivity contribution is -0.127. The second-order valence-electron chi connectivity index (χ2n) is 7.08. The molecular formula is C20H29N3O7S. The molecule has 1 aliphatic heterocycles. The summed E-state index contributed by atoms with van der Waals surface area (Å²) in [6, 6.07) is 3.23. The summed E-state index contributed by atoms with van der Waals surface area (Å²) >= 11 is 0. The van der Waals surface area contributed by atoms with Gasteiger partial charge < -0.3 is 14.8 Å². The zero-order valence-corrected chi connectivity index (χ0v) is 18.8. The van der Waals surface area contributed by atoms with Crippen molar-refractivity contribution in [3.8, 4) is 5.75 Å². The fraction of sp³-hybridized carbons (Fsp3) is 0.550. The van der Waals surface area contributed by atoms with Crippen molar-refractivity contribution >= 4 is 27.9 Å². The first kappa shape index (κ1) is 24.6. The van der Waals surface area contributed by atoms with E-state index >= 15 is 0 Å². The van der Waals surface area contributed by atoms with Crippen LogP contribution in [0, 0.1) is 0 Å². The third kappa shape index (κ3) is 6.41. The molecule has 0 aromatic heterocycles. The number of esters is 1. The van der Waals surface area contributed by atoms with Crippen molar-refractivity contribution in [1.82, 2.24) is 14.9 Å². The van der Waals surface area contributed by atoms with E-state index in [0.29, 0.717) is 19.6 Å². The minimum Gasteiger partial charge on any atom is -0.496 e. The van der Waals surface area contributed by atoms with Gasteiger partial charge >= 0.3 is 12.0 Å². The van der Waals surface area contributed by atoms with Crippen molar-refractivity contribution in [1.29, 1.82) is 0 Å². The van der Waals surface area contributed by atoms with Gasteiger partial charge in [0.25, 0.3) is 5.91 Å². The molecule has 2 N–H and O–H groups in total. The number of methoxy groups -OCH3 is 1. The van der Waals surface area contributed by atoms with Gasteiger partial charge in [-0.3, -0.25) is 10.1 Å². The average molecular weight is 456 g/mol. The predicted molar refractivity (Wildman–Crippen MR) is 112 cm³/mol. The first-order chi connectivity index (χ1) is 14.7. The fourth-order valence-electron chi connectivity index (χ4n) is 3.13. The standard InChI is InChI=1S/C20H29N3O7S/c1-4-21-20(26)22-18(24)14(2)30-19(25)16-13-15(9-10-17(16)29-3)31(27,28)23-11-7-5-6-8-12-23/h9-10,13-14H,4-8,11-12H2,1-3H3,(H2,21,22,24,26)/t14-/m0/s1. The van der Waals surface area contributed by atoms with E-state index in [2.05, 4.69) is 10.6 Å². The average Bonchev–Trinajstić information content (AvgIpc) is 3.03. The number of urea groups is 1. The Morgan fingerprint density at radius 3 is 2.35 bits per heavy atom. The number of hydrogen-bond donors (Lipinski definition) is 2. The summed E-state index contributed by atoms with van der Waals surface area (Å²) in [6.45, 7) is 4.16. The normalized spacial score (nSPS) is 16.0. The summed E-state index contributed by atoms with van der Waals surface area (Å²) in [5, 5.41) is 4.44. The Labute approximate surface area is 182 Å². The Kier molecular flexibility index (Phi) is 8.81. The number of sulfonamides is 1. The highest BCUT2D eigenvalue weighted by Crippen LogP contribution is 2.27. The summed E-state index contributed by atoms with van der Waals surface area (Å²) in [7, 11) is -2.46. The van der Waals surface area contributed by atoms with Crippen molar-refractivity contribution < 1.29 is 32.3 Å². The van der Waals surface area contributed by atoms with Crippen LogP contribution < -0.4 is 15.4 Å². The van der Waals surface area contributed by atoms with Gasteiger partial charge in [0.1, 0.15) is 11.3 Å². The maximum Gasteiger partial charge on any atom is 0.342 e. The van der Waals surface area contributed by atoms with Gasteiger partial charge in [0.2, 0.25) is 10.0 Å². The second-order valence-corrected chi connectivity index (χ2v) is 9.01. The first-order valence-electron chi connectivity index (χ1n) is 10.2. The lowest BCUT2D eigenvalue weighted by atomic mass is 10.2. The lowest BCUT2D eigenvalue weighted by Gasteiger charge is -2.21. The van der Waals surface area contributed by atoms with E-state index in [4.69, 9.17) is 9.47 Å². The summed E-state index contributed by atoms with van der Waals surface area (Å²) in [4.78, 5) is 36.1. The molecule has 11 heteroatoms. The molecule has 1 atom stereocenters. The van der Waals surface area contributed by atoms with Crippen LogP contribution in [0.5, 0.6) is 5.75 Å². The van der Waals surface area contributed by atoms with Crippen LogP contribution in [0.1, 0.15) is 49.9 Å². The van der Waals surface area contributed by atoms with E-state index in [1.165, 1.54) is 36.5 Å². The molecule has 1 aromatic rings. The van der Waals surface area contributed by atoms with Gasteiger partial charge in [0, 0.05) is 19.6 Å². The Balaban J connectivity index is 2.22. The van der Waals surface area contributed by atoms with E-state index in [1.807, 2.05) is 0 Å². The van der Waals surface area contributed by atoms with E-state index in [9.17, 15) is 22.8 Å². The Morgan fingerprint density at radius 1 is 1.13 bits per heavy atom. The lowest BCUT2D eigenvalue weighted by Crippen LogP contribution is -2.44. The number of ether oxygens (including phenoxy) is 2. The van der Waals surface area contributed by atoms with Crippen LogP contribution in [-0.4, -0.2) is 63.5 Å². The molecule has 172 valence electrons. The Hall–Kier alpha value is -2.66. The fourth-order valence-corrected chi connectivity index (χ4v) is 4.68. The predicted octanol–water partition coefficient (Wildman–Crippen LogP) is 1.65. The SMILES string of the molecule is CCNC(=O)NC(=O)[C@H](C)OC(=O)c1cc(S(=O)(=O)N2CCCCCC2)ccc1OC. The number of nitrogens with zero attached hydrogens (tertiary/aromatic N) is 1. The number of carbonyl (C=O) groups excluding carboxylic acids is 3. The van der Waals surface area contributed by atoms with Gasteiger partial charge in [-0.15, -0.1) is 0 Å². The highest BCUT2D eigenvalue weighted by Gasteiger charge is 2.28. The number of amides is 3. The molecule has 0 spiro atoms. The monoisotopic (exact) mass is 455 g/mol. The van der Waals surface area contributed by atoms with Crippen molar-refractivity contribution in [2.45, 2.75) is 50.5 Å². The molecule has 1 saturated heterocycles. The van der Waals surface area contributed by atoms with Crippen LogP contribution in [0.25, 0.3) is 0 Å². The Bertz CT molecular complexity index is 909. The van der Waals surface area contributed by atoms with Gasteiger partial charge in [-0.1, -0.05) is 12.8 Å². The molecular weight excluding hydrogens is 426 g/mol. The van der Waals surface area contributed by atoms with Crippen molar-refractivity contribution in [2.24, 2.45) is 0 Å². The summed E-state index contributed by atoms with van der Waals surface area (Å²) in [5.74, 6) is -1.65. The molecule has 0 radical (unpaired) electrons. The topological polar surface area (TPSA) is 131 Å². The van der Waals surface area contributed by atoms with Crippen molar-refractivity contribution in [3.63, 3.8) is 0 Å². The third-order valence-corrected chi connectivity index (χ3v) is 6.72. The number of carbonyl (C=O) groups is 3. The number of rotatable bonds is 7. The summed E-state index contributed by atoms with van der Waals surface area (Å²) in [5.41, 5.74) is -0.129. The molecule has 1 aliphatic rings. The number of hydrogen-bond acceptors (Lipinski definition) is 7. The molecule has 10 nitrogen and oxygen atoms in total. The zero-order valence-electron chi connectivity index (χ0n) is 18.0. The Morgan fingerprint density at radius 2 is 1.77 bits per heavy atom. The van der Waals surface area contributed by atoms with Gasteiger partial charge in [-0.05, 0) is 44.9 Å². The van der Waals surface area contributed by atoms with Crippen molar-refractivity contribution in [3.05, 3.63) is 23.8 Å². The van der Waals surface area contributed by atoms with Gasteiger partial charge in [0.15, 0.2) is 6.10 Å². The van der Waals surface area contributed by atoms with Crippen LogP contribution in [0.3, 0.4) is 0 Å². The van der Waals surface area contributed by atoms with Gasteiger partial charge in [0.05, 0.1) is 12.0 Å². The smallest absolute Gasteiger partial charge is 0.342 e. The van der Waals surface area contributed by atoms with E-state index in [-0.39, 0.29) is 16.2 Å². The second kappa shape index (κ2) is 11.1. The highest BCUT2D eigenvalue weighted by atomic mass is 32.2. The molecule has 0 unspecified atom stereocenters. The molecule has 31 heavy (non-hydrogen) atoms. The van der Waals surface area contributed by atoms with E-state index in [1.54, 1.807) is 6.92 Å². The van der Waals surface area contributed by atoms with E-state index < -0.39 is 34.0 Å².